The van der Waals surface area contributed by atoms with E-state index in [4.69, 9.17) is 5.73 Å². The monoisotopic (exact) mass is 294 g/mol. The summed E-state index contributed by atoms with van der Waals surface area (Å²) in [5, 5.41) is 4.48. The van der Waals surface area contributed by atoms with Gasteiger partial charge in [-0.3, -0.25) is 4.79 Å². The molecule has 0 aliphatic heterocycles. The van der Waals surface area contributed by atoms with E-state index in [1.165, 1.54) is 0 Å². The number of thioether (sulfide) groups is 1. The number of nitrogens with zero attached hydrogens (tertiary/aromatic N) is 2. The predicted octanol–water partition coefficient (Wildman–Crippen LogP) is 1.73. The number of aromatic nitrogens is 2. The highest BCUT2D eigenvalue weighted by atomic mass is 32.2. The second-order valence-electron chi connectivity index (χ2n) is 5.24. The second-order valence-corrected chi connectivity index (χ2v) is 6.51. The van der Waals surface area contributed by atoms with Crippen molar-refractivity contribution in [2.24, 2.45) is 5.73 Å². The molecule has 1 aromatic rings. The first-order valence-electron chi connectivity index (χ1n) is 7.15. The van der Waals surface area contributed by atoms with Gasteiger partial charge in [0.25, 0.3) is 0 Å². The molecular formula is C14H22N4OS. The zero-order valence-corrected chi connectivity index (χ0v) is 12.7. The fourth-order valence-corrected chi connectivity index (χ4v) is 3.85. The maximum absolute atomic E-state index is 11.9. The molecule has 2 atom stereocenters. The Balaban J connectivity index is 2.04. The molecule has 0 radical (unpaired) electrons. The molecule has 1 heterocycles. The molecule has 5 nitrogen and oxygen atoms in total. The molecule has 3 N–H and O–H groups in total. The van der Waals surface area contributed by atoms with E-state index in [-0.39, 0.29) is 5.91 Å². The van der Waals surface area contributed by atoms with Crippen molar-refractivity contribution in [3.05, 3.63) is 18.5 Å². The van der Waals surface area contributed by atoms with Crippen LogP contribution in [0.1, 0.15) is 39.0 Å². The summed E-state index contributed by atoms with van der Waals surface area (Å²) in [4.78, 5) is 20.4. The summed E-state index contributed by atoms with van der Waals surface area (Å²) >= 11 is 1.65. The van der Waals surface area contributed by atoms with Gasteiger partial charge in [-0.2, -0.15) is 0 Å². The minimum atomic E-state index is -0.555. The summed E-state index contributed by atoms with van der Waals surface area (Å²) in [7, 11) is 0. The van der Waals surface area contributed by atoms with Crippen LogP contribution in [-0.4, -0.2) is 33.2 Å². The lowest BCUT2D eigenvalue weighted by atomic mass is 9.80. The van der Waals surface area contributed by atoms with Gasteiger partial charge >= 0.3 is 0 Å². The summed E-state index contributed by atoms with van der Waals surface area (Å²) in [6.07, 6.45) is 8.15. The number of carbonyl (C=O) groups is 1. The van der Waals surface area contributed by atoms with Gasteiger partial charge < -0.3 is 11.1 Å². The van der Waals surface area contributed by atoms with Crippen molar-refractivity contribution in [1.82, 2.24) is 15.3 Å². The van der Waals surface area contributed by atoms with Crippen LogP contribution < -0.4 is 11.1 Å². The lowest BCUT2D eigenvalue weighted by Crippen LogP contribution is -2.58. The fraction of sp³-hybridized carbons (Fsp3) is 0.643. The molecule has 2 unspecified atom stereocenters. The van der Waals surface area contributed by atoms with Crippen LogP contribution in [0.4, 0.5) is 0 Å². The molecule has 1 aliphatic rings. The van der Waals surface area contributed by atoms with E-state index in [9.17, 15) is 4.79 Å². The zero-order chi connectivity index (χ0) is 14.4. The molecule has 1 fully saturated rings. The van der Waals surface area contributed by atoms with E-state index in [1.54, 1.807) is 30.2 Å². The van der Waals surface area contributed by atoms with Crippen LogP contribution in [0.25, 0.3) is 0 Å². The molecule has 1 amide bonds. The van der Waals surface area contributed by atoms with Crippen LogP contribution in [0, 0.1) is 0 Å². The Bertz CT molecular complexity index is 442. The van der Waals surface area contributed by atoms with Crippen LogP contribution in [0.5, 0.6) is 0 Å². The Morgan fingerprint density at radius 2 is 2.30 bits per heavy atom. The summed E-state index contributed by atoms with van der Waals surface area (Å²) in [5.74, 6) is -0.231. The first-order chi connectivity index (χ1) is 9.66. The quantitative estimate of drug-likeness (QED) is 0.781. The normalized spacial score (nSPS) is 26.4. The molecule has 0 bridgehead atoms. The molecule has 0 aromatic carbocycles. The van der Waals surface area contributed by atoms with Crippen molar-refractivity contribution in [3.63, 3.8) is 0 Å². The zero-order valence-electron chi connectivity index (χ0n) is 11.8. The molecule has 1 aromatic heterocycles. The standard InChI is InChI=1S/C14H22N4OS/c1-2-7-18-14(12(15)19)6-3-5-11(10-14)20-13-16-8-4-9-17-13/h4,8-9,11,18H,2-3,5-7,10H2,1H3,(H2,15,19). The van der Waals surface area contributed by atoms with Gasteiger partial charge in [-0.15, -0.1) is 0 Å². The Labute approximate surface area is 124 Å². The molecule has 0 spiro atoms. The third-order valence-corrected chi connectivity index (χ3v) is 4.86. The number of hydrogen-bond acceptors (Lipinski definition) is 5. The van der Waals surface area contributed by atoms with E-state index < -0.39 is 5.54 Å². The van der Waals surface area contributed by atoms with E-state index >= 15 is 0 Å². The van der Waals surface area contributed by atoms with Crippen LogP contribution in [-0.2, 0) is 4.79 Å². The SMILES string of the molecule is CCCNC1(C(N)=O)CCCC(Sc2ncccn2)C1. The number of hydrogen-bond donors (Lipinski definition) is 2. The Hall–Kier alpha value is -1.14. The third-order valence-electron chi connectivity index (χ3n) is 3.70. The second kappa shape index (κ2) is 7.04. The number of amides is 1. The van der Waals surface area contributed by atoms with E-state index in [1.807, 2.05) is 0 Å². The molecule has 20 heavy (non-hydrogen) atoms. The van der Waals surface area contributed by atoms with Crippen molar-refractivity contribution in [1.29, 1.82) is 0 Å². The number of primary amides is 1. The summed E-state index contributed by atoms with van der Waals surface area (Å²) < 4.78 is 0. The average Bonchev–Trinajstić information content (AvgIpc) is 2.46. The van der Waals surface area contributed by atoms with Crippen molar-refractivity contribution in [2.45, 2.75) is 55.0 Å². The maximum atomic E-state index is 11.9. The van der Waals surface area contributed by atoms with Crippen molar-refractivity contribution in [3.8, 4) is 0 Å². The minimum Gasteiger partial charge on any atom is -0.368 e. The van der Waals surface area contributed by atoms with Crippen molar-refractivity contribution >= 4 is 17.7 Å². The molecule has 0 saturated heterocycles. The van der Waals surface area contributed by atoms with Gasteiger partial charge in [0.05, 0.1) is 5.54 Å². The molecule has 6 heteroatoms. The van der Waals surface area contributed by atoms with Crippen LogP contribution >= 0.6 is 11.8 Å². The minimum absolute atomic E-state index is 0.231. The van der Waals surface area contributed by atoms with Gasteiger partial charge in [-0.1, -0.05) is 18.7 Å². The van der Waals surface area contributed by atoms with Gasteiger partial charge in [0, 0.05) is 17.6 Å². The van der Waals surface area contributed by atoms with Crippen LogP contribution in [0.2, 0.25) is 0 Å². The number of nitrogens with one attached hydrogen (secondary N) is 1. The summed E-state index contributed by atoms with van der Waals surface area (Å²) in [6, 6.07) is 1.81. The van der Waals surface area contributed by atoms with E-state index in [2.05, 4.69) is 22.2 Å². The summed E-state index contributed by atoms with van der Waals surface area (Å²) in [6.45, 7) is 2.91. The molecule has 110 valence electrons. The van der Waals surface area contributed by atoms with E-state index in [0.717, 1.165) is 43.8 Å². The van der Waals surface area contributed by atoms with Crippen LogP contribution in [0.3, 0.4) is 0 Å². The smallest absolute Gasteiger partial charge is 0.237 e. The Kier molecular flexibility index (Phi) is 5.37. The highest BCUT2D eigenvalue weighted by molar-refractivity contribution is 7.99. The molecular weight excluding hydrogens is 272 g/mol. The first-order valence-corrected chi connectivity index (χ1v) is 8.03. The maximum Gasteiger partial charge on any atom is 0.237 e. The van der Waals surface area contributed by atoms with E-state index in [0.29, 0.717) is 5.25 Å². The Morgan fingerprint density at radius 1 is 1.55 bits per heavy atom. The van der Waals surface area contributed by atoms with Crippen molar-refractivity contribution < 1.29 is 4.79 Å². The molecule has 2 rings (SSSR count). The predicted molar refractivity (Wildman–Crippen MR) is 80.4 cm³/mol. The molecule has 1 aliphatic carbocycles. The third kappa shape index (κ3) is 3.70. The largest absolute Gasteiger partial charge is 0.368 e. The highest BCUT2D eigenvalue weighted by Gasteiger charge is 2.41. The Morgan fingerprint density at radius 3 is 2.95 bits per heavy atom. The average molecular weight is 294 g/mol. The number of nitrogens with two attached hydrogens (primary N) is 1. The van der Waals surface area contributed by atoms with Crippen molar-refractivity contribution in [2.75, 3.05) is 6.54 Å². The highest BCUT2D eigenvalue weighted by Crippen LogP contribution is 2.37. The lowest BCUT2D eigenvalue weighted by molar-refractivity contribution is -0.125. The lowest BCUT2D eigenvalue weighted by Gasteiger charge is -2.38. The van der Waals surface area contributed by atoms with Crippen LogP contribution in [0.15, 0.2) is 23.6 Å². The van der Waals surface area contributed by atoms with Gasteiger partial charge in [0.15, 0.2) is 5.16 Å². The topological polar surface area (TPSA) is 80.9 Å². The first kappa shape index (κ1) is 15.3. The van der Waals surface area contributed by atoms with Gasteiger partial charge in [-0.25, -0.2) is 9.97 Å². The number of carbonyl (C=O) groups excluding carboxylic acids is 1. The van der Waals surface area contributed by atoms with Gasteiger partial charge in [0.2, 0.25) is 5.91 Å². The number of rotatable bonds is 6. The van der Waals surface area contributed by atoms with Gasteiger partial charge in [0.1, 0.15) is 0 Å². The molecule has 1 saturated carbocycles. The van der Waals surface area contributed by atoms with Gasteiger partial charge in [-0.05, 0) is 44.7 Å². The summed E-state index contributed by atoms with van der Waals surface area (Å²) in [5.41, 5.74) is 5.10. The fourth-order valence-electron chi connectivity index (χ4n) is 2.66.